The van der Waals surface area contributed by atoms with E-state index in [2.05, 4.69) is 5.32 Å². The molecule has 0 atom stereocenters. The largest absolute Gasteiger partial charge is 0.321 e. The van der Waals surface area contributed by atoms with Crippen molar-refractivity contribution in [3.05, 3.63) is 57.3 Å². The minimum absolute atomic E-state index is 0.108. The van der Waals surface area contributed by atoms with Crippen molar-refractivity contribution in [3.8, 4) is 6.07 Å². The van der Waals surface area contributed by atoms with E-state index >= 15 is 0 Å². The molecule has 1 aromatic carbocycles. The molecule has 0 saturated carbocycles. The number of rotatable bonds is 3. The first kappa shape index (κ1) is 14.0. The molecule has 3 nitrogen and oxygen atoms in total. The van der Waals surface area contributed by atoms with E-state index in [0.29, 0.717) is 5.69 Å². The molecule has 2 aromatic rings. The summed E-state index contributed by atoms with van der Waals surface area (Å²) >= 11 is 1.51. The summed E-state index contributed by atoms with van der Waals surface area (Å²) in [5.41, 5.74) is 2.97. The first-order valence-corrected chi connectivity index (χ1v) is 7.02. The number of aryl methyl sites for hydroxylation is 2. The molecule has 1 N–H and O–H groups in total. The summed E-state index contributed by atoms with van der Waals surface area (Å²) < 4.78 is 0. The summed E-state index contributed by atoms with van der Waals surface area (Å²) in [6.07, 6.45) is 1.63. The van der Waals surface area contributed by atoms with Gasteiger partial charge in [0.1, 0.15) is 11.6 Å². The number of hydrogen-bond donors (Lipinski definition) is 1. The van der Waals surface area contributed by atoms with Crippen LogP contribution >= 0.6 is 11.3 Å². The predicted molar refractivity (Wildman–Crippen MR) is 82.5 cm³/mol. The van der Waals surface area contributed by atoms with Gasteiger partial charge >= 0.3 is 0 Å². The van der Waals surface area contributed by atoms with Crippen LogP contribution in [0.2, 0.25) is 0 Å². The van der Waals surface area contributed by atoms with Gasteiger partial charge in [-0.3, -0.25) is 4.79 Å². The van der Waals surface area contributed by atoms with Crippen LogP contribution in [-0.4, -0.2) is 5.91 Å². The van der Waals surface area contributed by atoms with Crippen LogP contribution < -0.4 is 5.32 Å². The molecule has 2 rings (SSSR count). The van der Waals surface area contributed by atoms with E-state index in [-0.39, 0.29) is 11.5 Å². The molecule has 0 bridgehead atoms. The number of nitriles is 1. The summed E-state index contributed by atoms with van der Waals surface area (Å²) in [5, 5.41) is 13.8. The maximum Gasteiger partial charge on any atom is 0.266 e. The van der Waals surface area contributed by atoms with Crippen LogP contribution in [0.3, 0.4) is 0 Å². The van der Waals surface area contributed by atoms with Crippen molar-refractivity contribution in [1.82, 2.24) is 0 Å². The highest BCUT2D eigenvalue weighted by Gasteiger charge is 2.10. The monoisotopic (exact) mass is 282 g/mol. The number of amides is 1. The second kappa shape index (κ2) is 6.18. The van der Waals surface area contributed by atoms with Crippen LogP contribution in [0.15, 0.2) is 41.3 Å². The highest BCUT2D eigenvalue weighted by molar-refractivity contribution is 7.11. The molecule has 0 saturated heterocycles. The van der Waals surface area contributed by atoms with E-state index in [4.69, 9.17) is 5.26 Å². The fraction of sp³-hybridized carbons (Fsp3) is 0.125. The molecule has 0 aliphatic rings. The third-order valence-electron chi connectivity index (χ3n) is 2.85. The standard InChI is InChI=1S/C16H14N2OS/c1-11-3-5-14(6-4-11)18-16(19)13(10-17)9-15-12(2)7-8-20-15/h3-9H,1-2H3,(H,18,19). The Balaban J connectivity index is 2.18. The van der Waals surface area contributed by atoms with E-state index in [9.17, 15) is 4.79 Å². The van der Waals surface area contributed by atoms with Gasteiger partial charge in [0, 0.05) is 10.6 Å². The lowest BCUT2D eigenvalue weighted by Gasteiger charge is -2.04. The molecular formula is C16H14N2OS. The number of nitrogens with one attached hydrogen (secondary N) is 1. The third kappa shape index (κ3) is 3.34. The molecule has 4 heteroatoms. The lowest BCUT2D eigenvalue weighted by molar-refractivity contribution is -0.112. The second-order valence-corrected chi connectivity index (χ2v) is 5.41. The van der Waals surface area contributed by atoms with Crippen molar-refractivity contribution >= 4 is 29.0 Å². The van der Waals surface area contributed by atoms with Crippen LogP contribution in [0, 0.1) is 25.2 Å². The Kier molecular flexibility index (Phi) is 4.34. The van der Waals surface area contributed by atoms with Gasteiger partial charge < -0.3 is 5.32 Å². The zero-order valence-corrected chi connectivity index (χ0v) is 12.1. The molecule has 1 amide bonds. The summed E-state index contributed by atoms with van der Waals surface area (Å²) in [6, 6.07) is 11.4. The van der Waals surface area contributed by atoms with Gasteiger partial charge in [-0.1, -0.05) is 17.7 Å². The van der Waals surface area contributed by atoms with Gasteiger partial charge in [0.25, 0.3) is 5.91 Å². The Morgan fingerprint density at radius 3 is 2.50 bits per heavy atom. The molecule has 20 heavy (non-hydrogen) atoms. The SMILES string of the molecule is Cc1ccc(NC(=O)C(C#N)=Cc2sccc2C)cc1. The number of nitrogens with zero attached hydrogens (tertiary/aromatic N) is 1. The van der Waals surface area contributed by atoms with Crippen molar-refractivity contribution in [2.45, 2.75) is 13.8 Å². The molecule has 0 fully saturated rings. The van der Waals surface area contributed by atoms with Crippen LogP contribution in [0.4, 0.5) is 5.69 Å². The number of carbonyl (C=O) groups is 1. The average Bonchev–Trinajstić information content (AvgIpc) is 2.84. The van der Waals surface area contributed by atoms with Gasteiger partial charge in [0.05, 0.1) is 0 Å². The molecule has 100 valence electrons. The zero-order chi connectivity index (χ0) is 14.5. The van der Waals surface area contributed by atoms with E-state index in [1.54, 1.807) is 6.08 Å². The highest BCUT2D eigenvalue weighted by Crippen LogP contribution is 2.19. The van der Waals surface area contributed by atoms with E-state index in [1.165, 1.54) is 11.3 Å². The Labute approximate surface area is 122 Å². The fourth-order valence-corrected chi connectivity index (χ4v) is 2.51. The summed E-state index contributed by atoms with van der Waals surface area (Å²) in [7, 11) is 0. The van der Waals surface area contributed by atoms with Gasteiger partial charge in [0.2, 0.25) is 0 Å². The Morgan fingerprint density at radius 2 is 1.95 bits per heavy atom. The van der Waals surface area contributed by atoms with E-state index < -0.39 is 0 Å². The number of carbonyl (C=O) groups excluding carboxylic acids is 1. The fourth-order valence-electron chi connectivity index (χ4n) is 1.65. The Morgan fingerprint density at radius 1 is 1.25 bits per heavy atom. The van der Waals surface area contributed by atoms with Crippen LogP contribution in [-0.2, 0) is 4.79 Å². The smallest absolute Gasteiger partial charge is 0.266 e. The predicted octanol–water partition coefficient (Wildman–Crippen LogP) is 3.91. The molecule has 0 radical (unpaired) electrons. The van der Waals surface area contributed by atoms with Crippen molar-refractivity contribution in [2.24, 2.45) is 0 Å². The number of hydrogen-bond acceptors (Lipinski definition) is 3. The van der Waals surface area contributed by atoms with Gasteiger partial charge in [-0.25, -0.2) is 0 Å². The van der Waals surface area contributed by atoms with Crippen molar-refractivity contribution in [3.63, 3.8) is 0 Å². The van der Waals surface area contributed by atoms with Gasteiger partial charge in [-0.05, 0) is 49.1 Å². The minimum Gasteiger partial charge on any atom is -0.321 e. The van der Waals surface area contributed by atoms with Crippen molar-refractivity contribution in [1.29, 1.82) is 5.26 Å². The maximum atomic E-state index is 12.1. The minimum atomic E-state index is -0.385. The zero-order valence-electron chi connectivity index (χ0n) is 11.3. The van der Waals surface area contributed by atoms with Crippen molar-refractivity contribution in [2.75, 3.05) is 5.32 Å². The first-order valence-electron chi connectivity index (χ1n) is 6.14. The second-order valence-electron chi connectivity index (χ2n) is 4.46. The van der Waals surface area contributed by atoms with Gasteiger partial charge in [-0.15, -0.1) is 11.3 Å². The molecule has 0 aliphatic carbocycles. The molecule has 0 unspecified atom stereocenters. The maximum absolute atomic E-state index is 12.1. The van der Waals surface area contributed by atoms with Gasteiger partial charge in [-0.2, -0.15) is 5.26 Å². The molecule has 0 spiro atoms. The van der Waals surface area contributed by atoms with Crippen LogP contribution in [0.1, 0.15) is 16.0 Å². The first-order chi connectivity index (χ1) is 9.60. The van der Waals surface area contributed by atoms with Crippen LogP contribution in [0.5, 0.6) is 0 Å². The highest BCUT2D eigenvalue weighted by atomic mass is 32.1. The lowest BCUT2D eigenvalue weighted by atomic mass is 10.2. The van der Waals surface area contributed by atoms with Crippen LogP contribution in [0.25, 0.3) is 6.08 Å². The van der Waals surface area contributed by atoms with Crippen molar-refractivity contribution < 1.29 is 4.79 Å². The Hall–Kier alpha value is -2.38. The topological polar surface area (TPSA) is 52.9 Å². The molecule has 1 aromatic heterocycles. The normalized spacial score (nSPS) is 10.9. The quantitative estimate of drug-likeness (QED) is 0.685. The van der Waals surface area contributed by atoms with E-state index in [1.807, 2.05) is 55.6 Å². The number of thiophene rings is 1. The number of benzene rings is 1. The van der Waals surface area contributed by atoms with E-state index in [0.717, 1.165) is 16.0 Å². The third-order valence-corrected chi connectivity index (χ3v) is 3.82. The lowest BCUT2D eigenvalue weighted by Crippen LogP contribution is -2.13. The summed E-state index contributed by atoms with van der Waals surface area (Å²) in [6.45, 7) is 3.93. The summed E-state index contributed by atoms with van der Waals surface area (Å²) in [5.74, 6) is -0.385. The molecular weight excluding hydrogens is 268 g/mol. The van der Waals surface area contributed by atoms with Gasteiger partial charge in [0.15, 0.2) is 0 Å². The Bertz CT molecular complexity index is 690. The molecule has 1 heterocycles. The molecule has 0 aliphatic heterocycles. The number of anilines is 1. The summed E-state index contributed by atoms with van der Waals surface area (Å²) in [4.78, 5) is 13.0. The average molecular weight is 282 g/mol.